The fourth-order valence-corrected chi connectivity index (χ4v) is 2.57. The molecule has 4 rings (SSSR count). The quantitative estimate of drug-likeness (QED) is 0.261. The van der Waals surface area contributed by atoms with Crippen molar-refractivity contribution in [2.24, 2.45) is 0 Å². The average molecular weight is 409 g/mol. The maximum Gasteiger partial charge on any atom is 0.374 e. The number of hydrogen-bond acceptors (Lipinski definition) is 8. The summed E-state index contributed by atoms with van der Waals surface area (Å²) in [6, 6.07) is 14.2. The lowest BCUT2D eigenvalue weighted by molar-refractivity contribution is -0.384. The van der Waals surface area contributed by atoms with E-state index in [4.69, 9.17) is 13.6 Å². The van der Waals surface area contributed by atoms with Gasteiger partial charge in [-0.05, 0) is 48.5 Å². The minimum absolute atomic E-state index is 0.0376. The van der Waals surface area contributed by atoms with E-state index in [0.29, 0.717) is 16.9 Å². The molecule has 0 bridgehead atoms. The molecule has 4 aromatic rings. The predicted molar refractivity (Wildman–Crippen MR) is 99.6 cm³/mol. The molecule has 0 saturated carbocycles. The largest absolute Gasteiger partial charge is 0.450 e. The lowest BCUT2D eigenvalue weighted by Gasteiger charge is -2.00. The Morgan fingerprint density at radius 3 is 2.37 bits per heavy atom. The number of carbonyl (C=O) groups is 1. The molecule has 2 aromatic heterocycles. The van der Waals surface area contributed by atoms with Crippen molar-refractivity contribution in [3.63, 3.8) is 0 Å². The molecular formula is C20H12FN3O6. The van der Waals surface area contributed by atoms with Gasteiger partial charge in [0.1, 0.15) is 11.6 Å². The number of esters is 1. The van der Waals surface area contributed by atoms with Crippen LogP contribution in [0.3, 0.4) is 0 Å². The van der Waals surface area contributed by atoms with Crippen LogP contribution in [-0.2, 0) is 11.3 Å². The third kappa shape index (κ3) is 4.07. The van der Waals surface area contributed by atoms with Crippen LogP contribution in [0, 0.1) is 15.9 Å². The number of benzene rings is 2. The van der Waals surface area contributed by atoms with Crippen molar-refractivity contribution >= 4 is 11.7 Å². The van der Waals surface area contributed by atoms with E-state index in [1.165, 1.54) is 54.6 Å². The number of aromatic nitrogens is 2. The van der Waals surface area contributed by atoms with Gasteiger partial charge >= 0.3 is 5.97 Å². The van der Waals surface area contributed by atoms with Gasteiger partial charge in [-0.2, -0.15) is 0 Å². The highest BCUT2D eigenvalue weighted by Gasteiger charge is 2.17. The molecule has 30 heavy (non-hydrogen) atoms. The number of furan rings is 1. The van der Waals surface area contributed by atoms with Crippen LogP contribution in [0.1, 0.15) is 16.4 Å². The number of rotatable bonds is 6. The molecule has 0 saturated heterocycles. The van der Waals surface area contributed by atoms with Gasteiger partial charge in [-0.15, -0.1) is 10.2 Å². The van der Waals surface area contributed by atoms with E-state index in [2.05, 4.69) is 10.2 Å². The zero-order valence-corrected chi connectivity index (χ0v) is 15.1. The van der Waals surface area contributed by atoms with Crippen molar-refractivity contribution in [2.45, 2.75) is 6.61 Å². The third-order valence-corrected chi connectivity index (χ3v) is 4.05. The van der Waals surface area contributed by atoms with Gasteiger partial charge in [-0.25, -0.2) is 9.18 Å². The smallest absolute Gasteiger partial charge is 0.374 e. The molecule has 0 radical (unpaired) electrons. The monoisotopic (exact) mass is 409 g/mol. The van der Waals surface area contributed by atoms with E-state index >= 15 is 0 Å². The number of carbonyl (C=O) groups excluding carboxylic acids is 1. The molecule has 0 spiro atoms. The van der Waals surface area contributed by atoms with Gasteiger partial charge in [0, 0.05) is 23.3 Å². The number of ether oxygens (including phenoxy) is 1. The van der Waals surface area contributed by atoms with Crippen molar-refractivity contribution in [1.82, 2.24) is 10.2 Å². The number of halogens is 1. The van der Waals surface area contributed by atoms with Gasteiger partial charge in [0.05, 0.1) is 4.92 Å². The average Bonchev–Trinajstić information content (AvgIpc) is 3.43. The molecule has 0 atom stereocenters. The van der Waals surface area contributed by atoms with Crippen LogP contribution in [0.2, 0.25) is 0 Å². The molecule has 0 fully saturated rings. The second kappa shape index (κ2) is 7.95. The van der Waals surface area contributed by atoms with Crippen molar-refractivity contribution < 1.29 is 27.7 Å². The van der Waals surface area contributed by atoms with Crippen LogP contribution in [-0.4, -0.2) is 21.1 Å². The maximum absolute atomic E-state index is 13.0. The van der Waals surface area contributed by atoms with Gasteiger partial charge < -0.3 is 13.6 Å². The number of nitro benzene ring substituents is 1. The Hall–Kier alpha value is -4.34. The molecular weight excluding hydrogens is 397 g/mol. The molecule has 2 heterocycles. The topological polar surface area (TPSA) is 122 Å². The van der Waals surface area contributed by atoms with Gasteiger partial charge in [0.15, 0.2) is 6.61 Å². The highest BCUT2D eigenvalue weighted by Crippen LogP contribution is 2.24. The molecule has 0 N–H and O–H groups in total. The van der Waals surface area contributed by atoms with Crippen LogP contribution in [0.15, 0.2) is 69.5 Å². The Morgan fingerprint density at radius 2 is 1.67 bits per heavy atom. The first kappa shape index (κ1) is 19.0. The Balaban J connectivity index is 1.39. The highest BCUT2D eigenvalue weighted by atomic mass is 19.1. The summed E-state index contributed by atoms with van der Waals surface area (Å²) in [6.45, 7) is -0.286. The number of hydrogen-bond donors (Lipinski definition) is 0. The summed E-state index contributed by atoms with van der Waals surface area (Å²) < 4.78 is 29.0. The minimum Gasteiger partial charge on any atom is -0.450 e. The van der Waals surface area contributed by atoms with Gasteiger partial charge in [-0.3, -0.25) is 10.1 Å². The zero-order valence-electron chi connectivity index (χ0n) is 15.1. The molecule has 150 valence electrons. The van der Waals surface area contributed by atoms with E-state index in [1.807, 2.05) is 0 Å². The maximum atomic E-state index is 13.0. The SMILES string of the molecule is O=C(OCc1nnc(-c2ccc([N+](=O)[O-])cc2)o1)c1ccc(-c2ccc(F)cc2)o1. The van der Waals surface area contributed by atoms with E-state index < -0.39 is 10.9 Å². The number of non-ortho nitro benzene ring substituents is 1. The Bertz CT molecular complexity index is 1200. The van der Waals surface area contributed by atoms with Crippen molar-refractivity contribution in [2.75, 3.05) is 0 Å². The van der Waals surface area contributed by atoms with Crippen molar-refractivity contribution in [3.8, 4) is 22.8 Å². The summed E-state index contributed by atoms with van der Waals surface area (Å²) in [7, 11) is 0. The Kier molecular flexibility index (Phi) is 5.04. The minimum atomic E-state index is -0.738. The standard InChI is InChI=1S/C20H12FN3O6/c21-14-5-1-12(2-6-14)16-9-10-17(29-16)20(25)28-11-18-22-23-19(30-18)13-3-7-15(8-4-13)24(26)27/h1-10H,11H2. The molecule has 0 aliphatic rings. The molecule has 0 aliphatic carbocycles. The van der Waals surface area contributed by atoms with Gasteiger partial charge in [0.2, 0.25) is 11.7 Å². The van der Waals surface area contributed by atoms with Crippen LogP contribution in [0.25, 0.3) is 22.8 Å². The second-order valence-corrected chi connectivity index (χ2v) is 6.05. The first-order valence-electron chi connectivity index (χ1n) is 8.60. The second-order valence-electron chi connectivity index (χ2n) is 6.05. The normalized spacial score (nSPS) is 10.7. The molecule has 10 heteroatoms. The summed E-state index contributed by atoms with van der Waals surface area (Å²) in [6.07, 6.45) is 0. The fraction of sp³-hybridized carbons (Fsp3) is 0.0500. The Labute approximate surface area is 167 Å². The summed E-state index contributed by atoms with van der Waals surface area (Å²) >= 11 is 0. The molecule has 9 nitrogen and oxygen atoms in total. The van der Waals surface area contributed by atoms with E-state index in [9.17, 15) is 19.3 Å². The third-order valence-electron chi connectivity index (χ3n) is 4.05. The van der Waals surface area contributed by atoms with Crippen molar-refractivity contribution in [3.05, 3.63) is 88.2 Å². The summed E-state index contributed by atoms with van der Waals surface area (Å²) in [4.78, 5) is 22.3. The van der Waals surface area contributed by atoms with Crippen LogP contribution in [0.4, 0.5) is 10.1 Å². The molecule has 2 aromatic carbocycles. The van der Waals surface area contributed by atoms with Crippen LogP contribution >= 0.6 is 0 Å². The predicted octanol–water partition coefficient (Wildman–Crippen LogP) is 4.40. The van der Waals surface area contributed by atoms with Crippen molar-refractivity contribution in [1.29, 1.82) is 0 Å². The van der Waals surface area contributed by atoms with Gasteiger partial charge in [0.25, 0.3) is 11.6 Å². The first-order valence-corrected chi connectivity index (χ1v) is 8.60. The van der Waals surface area contributed by atoms with E-state index in [1.54, 1.807) is 6.07 Å². The van der Waals surface area contributed by atoms with Gasteiger partial charge in [-0.1, -0.05) is 0 Å². The Morgan fingerprint density at radius 1 is 0.967 bits per heavy atom. The summed E-state index contributed by atoms with van der Waals surface area (Å²) in [5.41, 5.74) is 1.03. The van der Waals surface area contributed by atoms with Crippen LogP contribution < -0.4 is 0 Å². The number of nitro groups is 1. The van der Waals surface area contributed by atoms with E-state index in [-0.39, 0.29) is 35.7 Å². The molecule has 0 aliphatic heterocycles. The zero-order chi connectivity index (χ0) is 21.1. The fourth-order valence-electron chi connectivity index (χ4n) is 2.57. The summed E-state index contributed by atoms with van der Waals surface area (Å²) in [5, 5.41) is 18.3. The first-order chi connectivity index (χ1) is 14.5. The molecule has 0 amide bonds. The summed E-state index contributed by atoms with van der Waals surface area (Å²) in [5.74, 6) is -0.588. The van der Waals surface area contributed by atoms with E-state index in [0.717, 1.165) is 0 Å². The lowest BCUT2D eigenvalue weighted by Crippen LogP contribution is -2.04. The number of nitrogens with zero attached hydrogens (tertiary/aromatic N) is 3. The van der Waals surface area contributed by atoms with Crippen LogP contribution in [0.5, 0.6) is 0 Å². The molecule has 0 unspecified atom stereocenters. The highest BCUT2D eigenvalue weighted by molar-refractivity contribution is 5.87. The lowest BCUT2D eigenvalue weighted by atomic mass is 10.2.